The summed E-state index contributed by atoms with van der Waals surface area (Å²) in [6.45, 7) is 2.05. The van der Waals surface area contributed by atoms with Gasteiger partial charge in [-0.05, 0) is 37.0 Å². The van der Waals surface area contributed by atoms with Crippen LogP contribution in [0.2, 0.25) is 0 Å². The van der Waals surface area contributed by atoms with Gasteiger partial charge in [-0.1, -0.05) is 0 Å². The zero-order valence-electron chi connectivity index (χ0n) is 12.2. The van der Waals surface area contributed by atoms with E-state index < -0.39 is 0 Å². The van der Waals surface area contributed by atoms with Gasteiger partial charge in [0.1, 0.15) is 0 Å². The zero-order valence-corrected chi connectivity index (χ0v) is 12.2. The van der Waals surface area contributed by atoms with E-state index >= 15 is 0 Å². The van der Waals surface area contributed by atoms with Gasteiger partial charge in [0.05, 0.1) is 11.4 Å². The summed E-state index contributed by atoms with van der Waals surface area (Å²) in [5, 5.41) is 9.02. The lowest BCUT2D eigenvalue weighted by atomic mass is 10.1. The number of carbonyl (C=O) groups excluding carboxylic acids is 1. The molecular formula is C15H23N3O2. The molecule has 20 heavy (non-hydrogen) atoms. The van der Waals surface area contributed by atoms with E-state index in [1.807, 2.05) is 6.07 Å². The van der Waals surface area contributed by atoms with Crippen LogP contribution in [0, 0.1) is 5.92 Å². The standard InChI is InChI=1S/C15H23N3O2/c1-17(2)15(20)12-3-4-13(16)14(9-12)18-7-5-11(10-18)6-8-19/h3-4,9,11,19H,5-8,10,16H2,1-2H3. The SMILES string of the molecule is CN(C)C(=O)c1ccc(N)c(N2CCC(CCO)C2)c1. The Kier molecular flexibility index (Phi) is 4.49. The Labute approximate surface area is 120 Å². The van der Waals surface area contributed by atoms with Crippen molar-refractivity contribution in [1.82, 2.24) is 4.90 Å². The minimum atomic E-state index is -0.0163. The van der Waals surface area contributed by atoms with Crippen molar-refractivity contribution in [3.8, 4) is 0 Å². The Hall–Kier alpha value is -1.75. The van der Waals surface area contributed by atoms with E-state index in [9.17, 15) is 4.79 Å². The van der Waals surface area contributed by atoms with Gasteiger partial charge < -0.3 is 20.6 Å². The molecular weight excluding hydrogens is 254 g/mol. The third-order valence-electron chi connectivity index (χ3n) is 3.85. The maximum Gasteiger partial charge on any atom is 0.253 e. The van der Waals surface area contributed by atoms with Gasteiger partial charge in [0.15, 0.2) is 0 Å². The Morgan fingerprint density at radius 1 is 1.50 bits per heavy atom. The summed E-state index contributed by atoms with van der Waals surface area (Å²) in [5.41, 5.74) is 8.33. The molecule has 0 spiro atoms. The molecule has 1 heterocycles. The predicted octanol–water partition coefficient (Wildman–Crippen LogP) is 1.18. The third-order valence-corrected chi connectivity index (χ3v) is 3.85. The van der Waals surface area contributed by atoms with Crippen LogP contribution in [0.5, 0.6) is 0 Å². The Bertz CT molecular complexity index is 488. The van der Waals surface area contributed by atoms with Crippen molar-refractivity contribution in [2.75, 3.05) is 44.4 Å². The highest BCUT2D eigenvalue weighted by Crippen LogP contribution is 2.31. The number of nitrogens with two attached hydrogens (primary N) is 1. The molecule has 1 amide bonds. The second-order valence-electron chi connectivity index (χ2n) is 5.59. The van der Waals surface area contributed by atoms with Gasteiger partial charge in [0, 0.05) is 39.4 Å². The number of nitrogen functional groups attached to an aromatic ring is 1. The van der Waals surface area contributed by atoms with Gasteiger partial charge >= 0.3 is 0 Å². The molecule has 1 fully saturated rings. The maximum atomic E-state index is 12.0. The summed E-state index contributed by atoms with van der Waals surface area (Å²) in [5.74, 6) is 0.491. The topological polar surface area (TPSA) is 69.8 Å². The monoisotopic (exact) mass is 277 g/mol. The fraction of sp³-hybridized carbons (Fsp3) is 0.533. The fourth-order valence-corrected chi connectivity index (χ4v) is 2.68. The quantitative estimate of drug-likeness (QED) is 0.811. The van der Waals surface area contributed by atoms with E-state index in [0.717, 1.165) is 31.6 Å². The Morgan fingerprint density at radius 3 is 2.90 bits per heavy atom. The average Bonchev–Trinajstić information content (AvgIpc) is 2.87. The number of aliphatic hydroxyl groups excluding tert-OH is 1. The van der Waals surface area contributed by atoms with Gasteiger partial charge in [-0.25, -0.2) is 0 Å². The van der Waals surface area contributed by atoms with E-state index in [1.54, 1.807) is 31.1 Å². The highest BCUT2D eigenvalue weighted by molar-refractivity contribution is 5.96. The van der Waals surface area contributed by atoms with E-state index in [1.165, 1.54) is 0 Å². The number of anilines is 2. The number of rotatable bonds is 4. The van der Waals surface area contributed by atoms with Crippen LogP contribution in [-0.4, -0.2) is 49.7 Å². The zero-order chi connectivity index (χ0) is 14.7. The summed E-state index contributed by atoms with van der Waals surface area (Å²) in [6, 6.07) is 5.44. The van der Waals surface area contributed by atoms with Gasteiger partial charge in [-0.15, -0.1) is 0 Å². The van der Waals surface area contributed by atoms with Crippen LogP contribution in [0.3, 0.4) is 0 Å². The number of hydrogen-bond acceptors (Lipinski definition) is 4. The molecule has 3 N–H and O–H groups in total. The minimum absolute atomic E-state index is 0.0163. The summed E-state index contributed by atoms with van der Waals surface area (Å²) in [7, 11) is 3.48. The van der Waals surface area contributed by atoms with E-state index in [-0.39, 0.29) is 12.5 Å². The van der Waals surface area contributed by atoms with Crippen LogP contribution in [0.25, 0.3) is 0 Å². The smallest absolute Gasteiger partial charge is 0.253 e. The normalized spacial score (nSPS) is 18.4. The molecule has 1 aromatic carbocycles. The molecule has 5 heteroatoms. The van der Waals surface area contributed by atoms with Gasteiger partial charge in [-0.3, -0.25) is 4.79 Å². The summed E-state index contributed by atoms with van der Waals surface area (Å²) in [6.07, 6.45) is 1.89. The van der Waals surface area contributed by atoms with Gasteiger partial charge in [0.2, 0.25) is 0 Å². The van der Waals surface area contributed by atoms with Crippen molar-refractivity contribution in [1.29, 1.82) is 0 Å². The number of carbonyl (C=O) groups is 1. The average molecular weight is 277 g/mol. The van der Waals surface area contributed by atoms with Crippen LogP contribution >= 0.6 is 0 Å². The molecule has 0 radical (unpaired) electrons. The van der Waals surface area contributed by atoms with Crippen LogP contribution in [-0.2, 0) is 0 Å². The fourth-order valence-electron chi connectivity index (χ4n) is 2.68. The van der Waals surface area contributed by atoms with Crippen LogP contribution in [0.15, 0.2) is 18.2 Å². The lowest BCUT2D eigenvalue weighted by Gasteiger charge is -2.22. The second kappa shape index (κ2) is 6.13. The molecule has 0 aliphatic carbocycles. The van der Waals surface area contributed by atoms with E-state index in [0.29, 0.717) is 17.2 Å². The molecule has 1 unspecified atom stereocenters. The van der Waals surface area contributed by atoms with Crippen LogP contribution in [0.4, 0.5) is 11.4 Å². The summed E-state index contributed by atoms with van der Waals surface area (Å²) < 4.78 is 0. The minimum Gasteiger partial charge on any atom is -0.397 e. The number of nitrogens with zero attached hydrogens (tertiary/aromatic N) is 2. The molecule has 1 aromatic rings. The lowest BCUT2D eigenvalue weighted by molar-refractivity contribution is 0.0827. The van der Waals surface area contributed by atoms with E-state index in [2.05, 4.69) is 4.90 Å². The molecule has 2 rings (SSSR count). The first-order chi connectivity index (χ1) is 9.52. The van der Waals surface area contributed by atoms with Crippen molar-refractivity contribution in [3.05, 3.63) is 23.8 Å². The molecule has 5 nitrogen and oxygen atoms in total. The van der Waals surface area contributed by atoms with Crippen molar-refractivity contribution in [3.63, 3.8) is 0 Å². The van der Waals surface area contributed by atoms with Gasteiger partial charge in [-0.2, -0.15) is 0 Å². The molecule has 1 saturated heterocycles. The lowest BCUT2D eigenvalue weighted by Crippen LogP contribution is -2.24. The van der Waals surface area contributed by atoms with Crippen molar-refractivity contribution < 1.29 is 9.90 Å². The first-order valence-electron chi connectivity index (χ1n) is 7.00. The Balaban J connectivity index is 2.19. The third kappa shape index (κ3) is 3.04. The number of benzene rings is 1. The maximum absolute atomic E-state index is 12.0. The highest BCUT2D eigenvalue weighted by Gasteiger charge is 2.24. The van der Waals surface area contributed by atoms with Crippen molar-refractivity contribution >= 4 is 17.3 Å². The molecule has 0 saturated carbocycles. The van der Waals surface area contributed by atoms with Crippen LogP contribution in [0.1, 0.15) is 23.2 Å². The summed E-state index contributed by atoms with van der Waals surface area (Å²) >= 11 is 0. The molecule has 1 aliphatic rings. The molecule has 1 aliphatic heterocycles. The number of hydrogen-bond donors (Lipinski definition) is 2. The van der Waals surface area contributed by atoms with E-state index in [4.69, 9.17) is 10.8 Å². The molecule has 110 valence electrons. The van der Waals surface area contributed by atoms with Gasteiger partial charge in [0.25, 0.3) is 5.91 Å². The first-order valence-corrected chi connectivity index (χ1v) is 7.00. The van der Waals surface area contributed by atoms with Crippen molar-refractivity contribution in [2.45, 2.75) is 12.8 Å². The largest absolute Gasteiger partial charge is 0.397 e. The summed E-state index contributed by atoms with van der Waals surface area (Å²) in [4.78, 5) is 15.8. The Morgan fingerprint density at radius 2 is 2.25 bits per heavy atom. The highest BCUT2D eigenvalue weighted by atomic mass is 16.3. The molecule has 0 bridgehead atoms. The molecule has 1 atom stereocenters. The number of amides is 1. The second-order valence-corrected chi connectivity index (χ2v) is 5.59. The molecule has 0 aromatic heterocycles. The predicted molar refractivity (Wildman–Crippen MR) is 80.9 cm³/mol. The van der Waals surface area contributed by atoms with Crippen LogP contribution < -0.4 is 10.6 Å². The number of aliphatic hydroxyl groups is 1. The first kappa shape index (κ1) is 14.7. The van der Waals surface area contributed by atoms with Crippen molar-refractivity contribution in [2.24, 2.45) is 5.92 Å².